The largest absolute Gasteiger partial charge is 0.381 e. The topological polar surface area (TPSA) is 58.6 Å². The predicted octanol–water partition coefficient (Wildman–Crippen LogP) is 1.82. The maximum Gasteiger partial charge on any atom is 0.279 e. The Morgan fingerprint density at radius 2 is 2.05 bits per heavy atom. The summed E-state index contributed by atoms with van der Waals surface area (Å²) in [4.78, 5) is 0. The van der Waals surface area contributed by atoms with E-state index in [0.29, 0.717) is 13.1 Å². The van der Waals surface area contributed by atoms with Crippen LogP contribution in [-0.2, 0) is 14.9 Å². The molecule has 1 aliphatic heterocycles. The van der Waals surface area contributed by atoms with E-state index in [0.717, 1.165) is 32.1 Å². The van der Waals surface area contributed by atoms with Gasteiger partial charge in [-0.2, -0.15) is 17.4 Å². The number of nitrogens with zero attached hydrogens (tertiary/aromatic N) is 1. The standard InChI is InChI=1S/C14H26N2O3S/c1-12(13-6-4-3-5-7-13)15-20(17,18)16-10-8-14(19-2)9-11-16/h6,12,14-15H,3-5,7-11H2,1-2H3. The maximum atomic E-state index is 12.4. The monoisotopic (exact) mass is 302 g/mol. The summed E-state index contributed by atoms with van der Waals surface area (Å²) < 4.78 is 34.4. The zero-order valence-corrected chi connectivity index (χ0v) is 13.3. The van der Waals surface area contributed by atoms with Crippen molar-refractivity contribution >= 4 is 10.2 Å². The van der Waals surface area contributed by atoms with Gasteiger partial charge in [-0.05, 0) is 45.4 Å². The highest BCUT2D eigenvalue weighted by Crippen LogP contribution is 2.21. The Hall–Kier alpha value is -0.430. The lowest BCUT2D eigenvalue weighted by molar-refractivity contribution is 0.0601. The maximum absolute atomic E-state index is 12.4. The van der Waals surface area contributed by atoms with Crippen molar-refractivity contribution in [2.24, 2.45) is 0 Å². The molecule has 1 atom stereocenters. The summed E-state index contributed by atoms with van der Waals surface area (Å²) in [5.74, 6) is 0. The first-order chi connectivity index (χ1) is 9.53. The zero-order chi connectivity index (χ0) is 14.6. The summed E-state index contributed by atoms with van der Waals surface area (Å²) in [6.07, 6.45) is 8.39. The molecule has 1 N–H and O–H groups in total. The molecule has 0 saturated carbocycles. The molecular weight excluding hydrogens is 276 g/mol. The molecule has 0 aromatic rings. The summed E-state index contributed by atoms with van der Waals surface area (Å²) in [6.45, 7) is 3.02. The third-order valence-corrected chi connectivity index (χ3v) is 5.98. The minimum atomic E-state index is -3.38. The molecular formula is C14H26N2O3S. The summed E-state index contributed by atoms with van der Waals surface area (Å²) in [7, 11) is -1.69. The van der Waals surface area contributed by atoms with Crippen LogP contribution in [0.1, 0.15) is 45.4 Å². The van der Waals surface area contributed by atoms with Crippen LogP contribution in [0.3, 0.4) is 0 Å². The van der Waals surface area contributed by atoms with Crippen molar-refractivity contribution in [1.29, 1.82) is 0 Å². The Bertz CT molecular complexity index is 439. The molecule has 1 unspecified atom stereocenters. The lowest BCUT2D eigenvalue weighted by atomic mass is 9.95. The van der Waals surface area contributed by atoms with Crippen LogP contribution in [0.25, 0.3) is 0 Å². The Morgan fingerprint density at radius 1 is 1.35 bits per heavy atom. The molecule has 1 aliphatic carbocycles. The molecule has 0 aromatic carbocycles. The number of hydrogen-bond donors (Lipinski definition) is 1. The molecule has 6 heteroatoms. The van der Waals surface area contributed by atoms with Crippen molar-refractivity contribution in [2.75, 3.05) is 20.2 Å². The molecule has 0 spiro atoms. The number of piperidine rings is 1. The fourth-order valence-electron chi connectivity index (χ4n) is 2.94. The molecule has 0 amide bonds. The van der Waals surface area contributed by atoms with Crippen LogP contribution in [0.5, 0.6) is 0 Å². The molecule has 0 bridgehead atoms. The van der Waals surface area contributed by atoms with Crippen LogP contribution in [0.2, 0.25) is 0 Å². The molecule has 5 nitrogen and oxygen atoms in total. The van der Waals surface area contributed by atoms with Crippen molar-refractivity contribution in [3.63, 3.8) is 0 Å². The average Bonchev–Trinajstić information content (AvgIpc) is 2.48. The summed E-state index contributed by atoms with van der Waals surface area (Å²) in [5.41, 5.74) is 1.23. The second kappa shape index (κ2) is 7.02. The minimum absolute atomic E-state index is 0.0968. The van der Waals surface area contributed by atoms with Crippen molar-refractivity contribution < 1.29 is 13.2 Å². The van der Waals surface area contributed by atoms with Crippen molar-refractivity contribution in [1.82, 2.24) is 9.03 Å². The molecule has 2 rings (SSSR count). The average molecular weight is 302 g/mol. The van der Waals surface area contributed by atoms with E-state index < -0.39 is 10.2 Å². The van der Waals surface area contributed by atoms with Crippen LogP contribution in [-0.4, -0.2) is 45.1 Å². The van der Waals surface area contributed by atoms with E-state index in [1.165, 1.54) is 12.0 Å². The Morgan fingerprint density at radius 3 is 2.60 bits per heavy atom. The Balaban J connectivity index is 1.92. The van der Waals surface area contributed by atoms with Crippen LogP contribution >= 0.6 is 0 Å². The lowest BCUT2D eigenvalue weighted by Crippen LogP contribution is -2.49. The van der Waals surface area contributed by atoms with Gasteiger partial charge in [0.1, 0.15) is 0 Å². The van der Waals surface area contributed by atoms with Crippen LogP contribution in [0, 0.1) is 0 Å². The number of hydrogen-bond acceptors (Lipinski definition) is 3. The normalized spacial score (nSPS) is 24.4. The molecule has 2 aliphatic rings. The van der Waals surface area contributed by atoms with Crippen molar-refractivity contribution in [2.45, 2.75) is 57.6 Å². The van der Waals surface area contributed by atoms with Crippen LogP contribution in [0.15, 0.2) is 11.6 Å². The van der Waals surface area contributed by atoms with E-state index in [4.69, 9.17) is 4.74 Å². The molecule has 1 saturated heterocycles. The van der Waals surface area contributed by atoms with E-state index in [1.54, 1.807) is 11.4 Å². The third-order valence-electron chi connectivity index (χ3n) is 4.28. The zero-order valence-electron chi connectivity index (χ0n) is 12.5. The highest BCUT2D eigenvalue weighted by Gasteiger charge is 2.29. The van der Waals surface area contributed by atoms with Gasteiger partial charge in [0.25, 0.3) is 10.2 Å². The van der Waals surface area contributed by atoms with Gasteiger partial charge < -0.3 is 4.74 Å². The molecule has 116 valence electrons. The first kappa shape index (κ1) is 15.9. The van der Waals surface area contributed by atoms with Gasteiger partial charge in [-0.25, -0.2) is 0 Å². The first-order valence-electron chi connectivity index (χ1n) is 7.52. The van der Waals surface area contributed by atoms with E-state index in [1.807, 2.05) is 6.92 Å². The second-order valence-electron chi connectivity index (χ2n) is 5.70. The van der Waals surface area contributed by atoms with Gasteiger partial charge in [0.2, 0.25) is 0 Å². The number of rotatable bonds is 5. The number of allylic oxidation sites excluding steroid dienone is 1. The van der Waals surface area contributed by atoms with E-state index in [-0.39, 0.29) is 12.1 Å². The van der Waals surface area contributed by atoms with E-state index in [9.17, 15) is 8.42 Å². The van der Waals surface area contributed by atoms with Gasteiger partial charge in [0.05, 0.1) is 6.10 Å². The lowest BCUT2D eigenvalue weighted by Gasteiger charge is -2.32. The highest BCUT2D eigenvalue weighted by atomic mass is 32.2. The molecule has 1 fully saturated rings. The van der Waals surface area contributed by atoms with Gasteiger partial charge in [-0.1, -0.05) is 11.6 Å². The van der Waals surface area contributed by atoms with Gasteiger partial charge in [-0.15, -0.1) is 0 Å². The molecule has 20 heavy (non-hydrogen) atoms. The highest BCUT2D eigenvalue weighted by molar-refractivity contribution is 7.87. The van der Waals surface area contributed by atoms with Crippen molar-refractivity contribution in [3.05, 3.63) is 11.6 Å². The number of methoxy groups -OCH3 is 1. The number of ether oxygens (including phenoxy) is 1. The SMILES string of the molecule is COC1CCN(S(=O)(=O)NC(C)C2=CCCCC2)CC1. The first-order valence-corrected chi connectivity index (χ1v) is 8.96. The van der Waals surface area contributed by atoms with Crippen LogP contribution in [0.4, 0.5) is 0 Å². The molecule has 0 radical (unpaired) electrons. The Labute approximate surface area is 122 Å². The molecule has 0 aromatic heterocycles. The fraction of sp³-hybridized carbons (Fsp3) is 0.857. The molecule has 1 heterocycles. The minimum Gasteiger partial charge on any atom is -0.381 e. The van der Waals surface area contributed by atoms with E-state index >= 15 is 0 Å². The van der Waals surface area contributed by atoms with Crippen molar-refractivity contribution in [3.8, 4) is 0 Å². The Kier molecular flexibility index (Phi) is 5.60. The quantitative estimate of drug-likeness (QED) is 0.788. The van der Waals surface area contributed by atoms with Gasteiger partial charge in [-0.3, -0.25) is 0 Å². The number of nitrogens with one attached hydrogen (secondary N) is 1. The van der Waals surface area contributed by atoms with E-state index in [2.05, 4.69) is 10.8 Å². The smallest absolute Gasteiger partial charge is 0.279 e. The summed E-state index contributed by atoms with van der Waals surface area (Å²) in [6, 6.07) is -0.0968. The third kappa shape index (κ3) is 4.04. The second-order valence-corrected chi connectivity index (χ2v) is 7.41. The van der Waals surface area contributed by atoms with Gasteiger partial charge in [0, 0.05) is 26.2 Å². The summed E-state index contributed by atoms with van der Waals surface area (Å²) in [5, 5.41) is 0. The van der Waals surface area contributed by atoms with Crippen LogP contribution < -0.4 is 4.72 Å². The predicted molar refractivity (Wildman–Crippen MR) is 79.7 cm³/mol. The van der Waals surface area contributed by atoms with Gasteiger partial charge >= 0.3 is 0 Å². The fourth-order valence-corrected chi connectivity index (χ4v) is 4.38. The summed E-state index contributed by atoms with van der Waals surface area (Å²) >= 11 is 0. The van der Waals surface area contributed by atoms with Gasteiger partial charge in [0.15, 0.2) is 0 Å².